The van der Waals surface area contributed by atoms with E-state index in [2.05, 4.69) is 15.5 Å². The molecule has 23 heavy (non-hydrogen) atoms. The van der Waals surface area contributed by atoms with Gasteiger partial charge in [-0.15, -0.1) is 0 Å². The Morgan fingerprint density at radius 3 is 2.61 bits per heavy atom. The maximum Gasteiger partial charge on any atom is 0.323 e. The number of nitrogens with zero attached hydrogens (tertiary/aromatic N) is 1. The number of carbonyl (C=O) groups is 1. The Morgan fingerprint density at radius 1 is 1.04 bits per heavy atom. The van der Waals surface area contributed by atoms with Gasteiger partial charge in [0.05, 0.1) is 24.6 Å². The van der Waals surface area contributed by atoms with Gasteiger partial charge in [0.1, 0.15) is 5.82 Å². The van der Waals surface area contributed by atoms with Gasteiger partial charge in [0.15, 0.2) is 0 Å². The smallest absolute Gasteiger partial charge is 0.323 e. The van der Waals surface area contributed by atoms with Crippen LogP contribution in [0, 0.1) is 5.82 Å². The highest BCUT2D eigenvalue weighted by Crippen LogP contribution is 2.26. The summed E-state index contributed by atoms with van der Waals surface area (Å²) in [5, 5.41) is 5.45. The molecule has 0 saturated carbocycles. The zero-order chi connectivity index (χ0) is 16.1. The van der Waals surface area contributed by atoms with Crippen LogP contribution in [0.1, 0.15) is 0 Å². The lowest BCUT2D eigenvalue weighted by molar-refractivity contribution is 0.123. The minimum absolute atomic E-state index is 0.392. The average molecular weight is 315 g/mol. The molecule has 1 heterocycles. The molecule has 5 nitrogen and oxygen atoms in total. The van der Waals surface area contributed by atoms with Gasteiger partial charge in [0.2, 0.25) is 0 Å². The van der Waals surface area contributed by atoms with E-state index in [1.54, 1.807) is 12.1 Å². The number of carbonyl (C=O) groups excluding carboxylic acids is 1. The van der Waals surface area contributed by atoms with E-state index in [1.807, 2.05) is 24.3 Å². The van der Waals surface area contributed by atoms with E-state index < -0.39 is 11.8 Å². The molecule has 1 fully saturated rings. The Balaban J connectivity index is 1.71. The number of benzene rings is 2. The minimum Gasteiger partial charge on any atom is -0.378 e. The summed E-state index contributed by atoms with van der Waals surface area (Å²) in [5.74, 6) is -0.392. The molecule has 1 aliphatic heterocycles. The number of amides is 2. The number of ether oxygens (including phenoxy) is 1. The summed E-state index contributed by atoms with van der Waals surface area (Å²) in [5.41, 5.74) is 2.07. The number of para-hydroxylation sites is 2. The lowest BCUT2D eigenvalue weighted by atomic mass is 10.2. The molecule has 0 bridgehead atoms. The summed E-state index contributed by atoms with van der Waals surface area (Å²) in [6.07, 6.45) is 0. The van der Waals surface area contributed by atoms with Gasteiger partial charge in [-0.2, -0.15) is 0 Å². The van der Waals surface area contributed by atoms with Gasteiger partial charge in [-0.25, -0.2) is 9.18 Å². The van der Waals surface area contributed by atoms with Gasteiger partial charge in [-0.3, -0.25) is 0 Å². The highest BCUT2D eigenvalue weighted by atomic mass is 19.1. The van der Waals surface area contributed by atoms with Gasteiger partial charge < -0.3 is 20.3 Å². The third kappa shape index (κ3) is 3.98. The number of hydrogen-bond acceptors (Lipinski definition) is 3. The van der Waals surface area contributed by atoms with Crippen molar-refractivity contribution in [1.29, 1.82) is 0 Å². The second kappa shape index (κ2) is 7.11. The number of rotatable bonds is 3. The molecule has 6 heteroatoms. The first-order chi connectivity index (χ1) is 11.2. The first-order valence-electron chi connectivity index (χ1n) is 7.48. The standard InChI is InChI=1S/C17H18FN3O2/c18-13-4-3-5-14(12-13)19-17(22)20-15-6-1-2-7-16(15)21-8-10-23-11-9-21/h1-7,12H,8-11H2,(H2,19,20,22). The van der Waals surface area contributed by atoms with Crippen molar-refractivity contribution in [2.24, 2.45) is 0 Å². The number of nitrogens with one attached hydrogen (secondary N) is 2. The summed E-state index contributed by atoms with van der Waals surface area (Å²) in [6.45, 7) is 2.90. The monoisotopic (exact) mass is 315 g/mol. The van der Waals surface area contributed by atoms with Gasteiger partial charge >= 0.3 is 6.03 Å². The van der Waals surface area contributed by atoms with E-state index >= 15 is 0 Å². The molecule has 0 aromatic heterocycles. The molecular formula is C17H18FN3O2. The number of halogens is 1. The minimum atomic E-state index is -0.406. The third-order valence-corrected chi connectivity index (χ3v) is 3.59. The second-order valence-electron chi connectivity index (χ2n) is 5.21. The van der Waals surface area contributed by atoms with Gasteiger partial charge in [-0.05, 0) is 30.3 Å². The van der Waals surface area contributed by atoms with Crippen molar-refractivity contribution in [2.45, 2.75) is 0 Å². The maximum atomic E-state index is 13.2. The first-order valence-corrected chi connectivity index (χ1v) is 7.48. The van der Waals surface area contributed by atoms with Crippen LogP contribution in [0.5, 0.6) is 0 Å². The van der Waals surface area contributed by atoms with Crippen LogP contribution in [0.25, 0.3) is 0 Å². The van der Waals surface area contributed by atoms with Crippen molar-refractivity contribution in [3.8, 4) is 0 Å². The average Bonchev–Trinajstić information content (AvgIpc) is 2.56. The molecule has 0 spiro atoms. The van der Waals surface area contributed by atoms with Crippen molar-refractivity contribution in [3.63, 3.8) is 0 Å². The number of urea groups is 1. The summed E-state index contributed by atoms with van der Waals surface area (Å²) in [4.78, 5) is 14.3. The van der Waals surface area contributed by atoms with Gasteiger partial charge in [0, 0.05) is 18.8 Å². The molecule has 2 aromatic rings. The van der Waals surface area contributed by atoms with E-state index in [0.29, 0.717) is 24.6 Å². The molecule has 120 valence electrons. The Kier molecular flexibility index (Phi) is 4.73. The number of anilines is 3. The molecule has 2 aromatic carbocycles. The summed E-state index contributed by atoms with van der Waals surface area (Å²) in [6, 6.07) is 13.0. The molecule has 2 N–H and O–H groups in total. The molecule has 1 saturated heterocycles. The van der Waals surface area contributed by atoms with Gasteiger partial charge in [0.25, 0.3) is 0 Å². The highest BCUT2D eigenvalue weighted by molar-refractivity contribution is 6.01. The van der Waals surface area contributed by atoms with Crippen LogP contribution in [0.2, 0.25) is 0 Å². The van der Waals surface area contributed by atoms with Crippen LogP contribution in [0.15, 0.2) is 48.5 Å². The van der Waals surface area contributed by atoms with E-state index in [4.69, 9.17) is 4.74 Å². The quantitative estimate of drug-likeness (QED) is 0.914. The topological polar surface area (TPSA) is 53.6 Å². The molecule has 0 aliphatic carbocycles. The van der Waals surface area contributed by atoms with Crippen molar-refractivity contribution in [2.75, 3.05) is 41.8 Å². The van der Waals surface area contributed by atoms with E-state index in [1.165, 1.54) is 12.1 Å². The highest BCUT2D eigenvalue weighted by Gasteiger charge is 2.15. The number of morpholine rings is 1. The van der Waals surface area contributed by atoms with Crippen LogP contribution in [0.4, 0.5) is 26.2 Å². The summed E-state index contributed by atoms with van der Waals surface area (Å²) >= 11 is 0. The van der Waals surface area contributed by atoms with E-state index in [9.17, 15) is 9.18 Å². The van der Waals surface area contributed by atoms with Crippen LogP contribution < -0.4 is 15.5 Å². The van der Waals surface area contributed by atoms with E-state index in [-0.39, 0.29) is 0 Å². The fourth-order valence-electron chi connectivity index (χ4n) is 2.51. The molecule has 0 radical (unpaired) electrons. The molecule has 2 amide bonds. The molecule has 0 unspecified atom stereocenters. The lowest BCUT2D eigenvalue weighted by Crippen LogP contribution is -2.37. The van der Waals surface area contributed by atoms with Crippen LogP contribution >= 0.6 is 0 Å². The Morgan fingerprint density at radius 2 is 1.83 bits per heavy atom. The predicted octanol–water partition coefficient (Wildman–Crippen LogP) is 3.31. The normalized spacial score (nSPS) is 14.4. The Bertz CT molecular complexity index is 687. The molecule has 0 atom stereocenters. The summed E-state index contributed by atoms with van der Waals surface area (Å²) < 4.78 is 18.5. The van der Waals surface area contributed by atoms with Crippen LogP contribution in [-0.4, -0.2) is 32.3 Å². The van der Waals surface area contributed by atoms with Crippen molar-refractivity contribution >= 4 is 23.1 Å². The fourth-order valence-corrected chi connectivity index (χ4v) is 2.51. The van der Waals surface area contributed by atoms with Crippen LogP contribution in [0.3, 0.4) is 0 Å². The Hall–Kier alpha value is -2.60. The van der Waals surface area contributed by atoms with Crippen molar-refractivity contribution < 1.29 is 13.9 Å². The zero-order valence-electron chi connectivity index (χ0n) is 12.6. The molecule has 1 aliphatic rings. The predicted molar refractivity (Wildman–Crippen MR) is 88.5 cm³/mol. The third-order valence-electron chi connectivity index (χ3n) is 3.59. The molecular weight excluding hydrogens is 297 g/mol. The fraction of sp³-hybridized carbons (Fsp3) is 0.235. The Labute approximate surface area is 134 Å². The van der Waals surface area contributed by atoms with Crippen molar-refractivity contribution in [1.82, 2.24) is 0 Å². The molecule has 3 rings (SSSR count). The maximum absolute atomic E-state index is 13.2. The SMILES string of the molecule is O=C(Nc1cccc(F)c1)Nc1ccccc1N1CCOCC1. The van der Waals surface area contributed by atoms with Gasteiger partial charge in [-0.1, -0.05) is 18.2 Å². The van der Waals surface area contributed by atoms with Crippen LogP contribution in [-0.2, 0) is 4.74 Å². The first kappa shape index (κ1) is 15.3. The number of hydrogen-bond donors (Lipinski definition) is 2. The van der Waals surface area contributed by atoms with Crippen molar-refractivity contribution in [3.05, 3.63) is 54.3 Å². The summed E-state index contributed by atoms with van der Waals surface area (Å²) in [7, 11) is 0. The largest absolute Gasteiger partial charge is 0.378 e. The van der Waals surface area contributed by atoms with E-state index in [0.717, 1.165) is 18.8 Å². The zero-order valence-corrected chi connectivity index (χ0v) is 12.6. The second-order valence-corrected chi connectivity index (χ2v) is 5.21. The lowest BCUT2D eigenvalue weighted by Gasteiger charge is -2.30.